The minimum Gasteiger partial charge on any atom is -0.489 e. The lowest BCUT2D eigenvalue weighted by atomic mass is 10.0. The fourth-order valence-electron chi connectivity index (χ4n) is 5.39. The largest absolute Gasteiger partial charge is 0.489 e. The van der Waals surface area contributed by atoms with E-state index in [1.165, 1.54) is 0 Å². The summed E-state index contributed by atoms with van der Waals surface area (Å²) in [6, 6.07) is 31.1. The second-order valence-electron chi connectivity index (χ2n) is 12.6. The molecule has 0 bridgehead atoms. The number of aryl methyl sites for hydroxylation is 1. The number of aliphatic carboxylic acids is 1. The van der Waals surface area contributed by atoms with Crippen LogP contribution < -0.4 is 20.7 Å². The Morgan fingerprint density at radius 1 is 0.648 bits per heavy atom. The summed E-state index contributed by atoms with van der Waals surface area (Å²) in [6.07, 6.45) is 2.40. The predicted molar refractivity (Wildman–Crippen MR) is 199 cm³/mol. The number of imidazole rings is 1. The maximum absolute atomic E-state index is 13.9. The van der Waals surface area contributed by atoms with Gasteiger partial charge in [0.25, 0.3) is 0 Å². The van der Waals surface area contributed by atoms with Crippen molar-refractivity contribution < 1.29 is 38.5 Å². The van der Waals surface area contributed by atoms with Gasteiger partial charge in [-0.25, -0.2) is 14.6 Å². The summed E-state index contributed by atoms with van der Waals surface area (Å²) in [5, 5.41) is 17.8. The number of aromatic nitrogens is 2. The van der Waals surface area contributed by atoms with Gasteiger partial charge in [0.2, 0.25) is 11.8 Å². The molecular formula is C41H43N5O8. The van der Waals surface area contributed by atoms with E-state index in [4.69, 9.17) is 14.2 Å². The number of alkyl carbamates (subject to hydrolysis) is 1. The van der Waals surface area contributed by atoms with Crippen LogP contribution >= 0.6 is 0 Å². The molecule has 3 atom stereocenters. The van der Waals surface area contributed by atoms with Crippen LogP contribution in [0.4, 0.5) is 4.79 Å². The number of carboxylic acid groups (broad SMARTS) is 1. The van der Waals surface area contributed by atoms with Crippen molar-refractivity contribution in [2.75, 3.05) is 6.61 Å². The Kier molecular flexibility index (Phi) is 14.3. The zero-order valence-corrected chi connectivity index (χ0v) is 29.8. The van der Waals surface area contributed by atoms with E-state index in [9.17, 15) is 24.3 Å². The molecule has 4 N–H and O–H groups in total. The molecule has 1 heterocycles. The van der Waals surface area contributed by atoms with Gasteiger partial charge >= 0.3 is 12.1 Å². The quantitative estimate of drug-likeness (QED) is 0.0964. The summed E-state index contributed by atoms with van der Waals surface area (Å²) in [5.74, 6) is -2.17. The first kappa shape index (κ1) is 38.8. The van der Waals surface area contributed by atoms with Crippen LogP contribution in [0, 0.1) is 0 Å². The number of ether oxygens (including phenoxy) is 3. The molecule has 0 fully saturated rings. The van der Waals surface area contributed by atoms with Crippen LogP contribution in [0.15, 0.2) is 128 Å². The molecule has 0 spiro atoms. The van der Waals surface area contributed by atoms with Crippen LogP contribution in [0.3, 0.4) is 0 Å². The van der Waals surface area contributed by atoms with Crippen LogP contribution in [0.2, 0.25) is 0 Å². The first-order chi connectivity index (χ1) is 26.2. The first-order valence-electron chi connectivity index (χ1n) is 17.4. The predicted octanol–water partition coefficient (Wildman–Crippen LogP) is 4.35. The van der Waals surface area contributed by atoms with Gasteiger partial charge in [-0.15, -0.1) is 0 Å². The number of carboxylic acids is 1. The van der Waals surface area contributed by atoms with Gasteiger partial charge in [-0.2, -0.15) is 0 Å². The van der Waals surface area contributed by atoms with Gasteiger partial charge in [-0.3, -0.25) is 9.59 Å². The highest BCUT2D eigenvalue weighted by Crippen LogP contribution is 2.16. The number of nitrogens with one attached hydrogen (secondary N) is 3. The van der Waals surface area contributed by atoms with E-state index >= 15 is 0 Å². The average molecular weight is 734 g/mol. The van der Waals surface area contributed by atoms with E-state index in [1.807, 2.05) is 78.9 Å². The molecular weight excluding hydrogens is 690 g/mol. The monoisotopic (exact) mass is 733 g/mol. The third-order valence-corrected chi connectivity index (χ3v) is 8.25. The Hall–Kier alpha value is -6.47. The first-order valence-corrected chi connectivity index (χ1v) is 17.4. The summed E-state index contributed by atoms with van der Waals surface area (Å²) >= 11 is 0. The highest BCUT2D eigenvalue weighted by Gasteiger charge is 2.31. The third-order valence-electron chi connectivity index (χ3n) is 8.25. The maximum Gasteiger partial charge on any atom is 0.408 e. The Bertz CT molecular complexity index is 1940. The van der Waals surface area contributed by atoms with Crippen molar-refractivity contribution in [2.24, 2.45) is 7.05 Å². The fourth-order valence-corrected chi connectivity index (χ4v) is 5.39. The molecule has 1 aromatic heterocycles. The van der Waals surface area contributed by atoms with Gasteiger partial charge in [0, 0.05) is 26.1 Å². The molecule has 0 aliphatic rings. The summed E-state index contributed by atoms with van der Waals surface area (Å²) in [7, 11) is 1.77. The number of benzene rings is 4. The van der Waals surface area contributed by atoms with Crippen LogP contribution in [0.5, 0.6) is 5.75 Å². The van der Waals surface area contributed by atoms with Crippen molar-refractivity contribution in [1.82, 2.24) is 25.5 Å². The van der Waals surface area contributed by atoms with Crippen molar-refractivity contribution in [3.05, 3.63) is 156 Å². The van der Waals surface area contributed by atoms with Gasteiger partial charge in [0.15, 0.2) is 6.04 Å². The van der Waals surface area contributed by atoms with Gasteiger partial charge < -0.3 is 39.8 Å². The number of nitrogens with zero attached hydrogens (tertiary/aromatic N) is 2. The molecule has 0 aliphatic carbocycles. The van der Waals surface area contributed by atoms with Crippen LogP contribution in [0.25, 0.3) is 0 Å². The summed E-state index contributed by atoms with van der Waals surface area (Å²) in [4.78, 5) is 57.2. The Balaban J connectivity index is 1.30. The van der Waals surface area contributed by atoms with Crippen LogP contribution in [0.1, 0.15) is 27.9 Å². The average Bonchev–Trinajstić information content (AvgIpc) is 3.61. The smallest absolute Gasteiger partial charge is 0.408 e. The normalized spacial score (nSPS) is 12.5. The number of rotatable bonds is 19. The SMILES string of the molecule is Cn1cnc(C[C@@H](NC(=O)OCc2ccccc2)C(=O)N[C@@H](Cc2ccc(OCc3ccccc3)cc2)C(=O)N[C@@H](COCc2ccccc2)C(=O)O)c1. The molecule has 13 nitrogen and oxygen atoms in total. The van der Waals surface area contributed by atoms with Crippen LogP contribution in [-0.4, -0.2) is 63.3 Å². The molecule has 54 heavy (non-hydrogen) atoms. The lowest BCUT2D eigenvalue weighted by molar-refractivity contribution is -0.144. The number of hydrogen-bond donors (Lipinski definition) is 4. The van der Waals surface area contributed by atoms with Crippen molar-refractivity contribution in [3.8, 4) is 5.75 Å². The number of carbonyl (C=O) groups excluding carboxylic acids is 3. The van der Waals surface area contributed by atoms with Gasteiger partial charge in [-0.1, -0.05) is 103 Å². The Morgan fingerprint density at radius 3 is 1.74 bits per heavy atom. The Morgan fingerprint density at radius 2 is 1.19 bits per heavy atom. The topological polar surface area (TPSA) is 170 Å². The molecule has 0 aliphatic heterocycles. The van der Waals surface area contributed by atoms with Crippen LogP contribution in [-0.2, 0) is 63.6 Å². The molecule has 5 aromatic rings. The lowest BCUT2D eigenvalue weighted by Gasteiger charge is -2.24. The third kappa shape index (κ3) is 12.6. The summed E-state index contributed by atoms with van der Waals surface area (Å²) < 4.78 is 18.6. The highest BCUT2D eigenvalue weighted by atomic mass is 16.5. The molecule has 0 radical (unpaired) electrons. The molecule has 5 rings (SSSR count). The van der Waals surface area contributed by atoms with E-state index < -0.39 is 42.0 Å². The lowest BCUT2D eigenvalue weighted by Crippen LogP contribution is -2.57. The molecule has 0 unspecified atom stereocenters. The van der Waals surface area contributed by atoms with E-state index in [0.717, 1.165) is 16.7 Å². The second-order valence-corrected chi connectivity index (χ2v) is 12.6. The number of amides is 3. The molecule has 4 aromatic carbocycles. The standard InChI is InChI=1S/C41H43N5O8/c1-46-23-33(42-28-46)22-36(45-41(51)54-26-32-15-9-4-10-16-32)39(48)43-35(21-29-17-19-34(20-18-29)53-25-31-13-7-3-8-14-31)38(47)44-37(40(49)50)27-52-24-30-11-5-2-6-12-30/h2-20,23,28,35-37H,21-22,24-27H2,1H3,(H,43,48)(H,44,47)(H,45,51)(H,49,50)/t35-,36+,37-/m0/s1. The van der Waals surface area contributed by atoms with Crippen molar-refractivity contribution in [3.63, 3.8) is 0 Å². The summed E-state index contributed by atoms with van der Waals surface area (Å²) in [5.41, 5.74) is 3.76. The maximum atomic E-state index is 13.9. The van der Waals surface area contributed by atoms with Gasteiger partial charge in [0.1, 0.15) is 31.0 Å². The molecule has 3 amide bonds. The Labute approximate surface area is 313 Å². The fraction of sp³-hybridized carbons (Fsp3) is 0.244. The minimum absolute atomic E-state index is 0.0114. The van der Waals surface area contributed by atoms with Crippen molar-refractivity contribution in [1.29, 1.82) is 0 Å². The zero-order valence-electron chi connectivity index (χ0n) is 29.8. The van der Waals surface area contributed by atoms with E-state index in [0.29, 0.717) is 23.6 Å². The van der Waals surface area contributed by atoms with Gasteiger partial charge in [-0.05, 0) is 34.4 Å². The second kappa shape index (κ2) is 20.0. The van der Waals surface area contributed by atoms with E-state index in [1.54, 1.807) is 60.5 Å². The number of carbonyl (C=O) groups is 4. The van der Waals surface area contributed by atoms with Gasteiger partial charge in [0.05, 0.1) is 25.2 Å². The van der Waals surface area contributed by atoms with E-state index in [2.05, 4.69) is 20.9 Å². The molecule has 280 valence electrons. The van der Waals surface area contributed by atoms with Crippen molar-refractivity contribution in [2.45, 2.75) is 50.8 Å². The number of hydrogen-bond acceptors (Lipinski definition) is 8. The minimum atomic E-state index is -1.41. The molecule has 0 saturated carbocycles. The van der Waals surface area contributed by atoms with Crippen molar-refractivity contribution >= 4 is 23.9 Å². The molecule has 13 heteroatoms. The highest BCUT2D eigenvalue weighted by molar-refractivity contribution is 5.93. The van der Waals surface area contributed by atoms with E-state index in [-0.39, 0.29) is 32.7 Å². The zero-order chi connectivity index (χ0) is 38.1. The molecule has 0 saturated heterocycles. The summed E-state index contributed by atoms with van der Waals surface area (Å²) in [6.45, 7) is 0.161.